The molecule has 0 aromatic heterocycles. The van der Waals surface area contributed by atoms with Crippen LogP contribution in [0.2, 0.25) is 0 Å². The monoisotopic (exact) mass is 167 g/mol. The van der Waals surface area contributed by atoms with Gasteiger partial charge in [0.25, 0.3) is 0 Å². The summed E-state index contributed by atoms with van der Waals surface area (Å²) >= 11 is 0. The maximum Gasteiger partial charge on any atom is 0.00441 e. The van der Waals surface area contributed by atoms with Crippen molar-refractivity contribution < 1.29 is 0 Å². The topological polar surface area (TPSA) is 26.0 Å². The summed E-state index contributed by atoms with van der Waals surface area (Å²) in [7, 11) is 0. The molecule has 0 spiro atoms. The van der Waals surface area contributed by atoms with Crippen molar-refractivity contribution in [1.82, 2.24) is 0 Å². The van der Waals surface area contributed by atoms with E-state index in [2.05, 4.69) is 0 Å². The third-order valence-electron chi connectivity index (χ3n) is 3.66. The normalized spacial score (nSPS) is 37.8. The van der Waals surface area contributed by atoms with Gasteiger partial charge in [0.15, 0.2) is 0 Å². The van der Waals surface area contributed by atoms with Gasteiger partial charge in [0.1, 0.15) is 0 Å². The first-order chi connectivity index (χ1) is 5.84. The Morgan fingerprint density at radius 2 is 1.58 bits per heavy atom. The van der Waals surface area contributed by atoms with E-state index in [0.717, 1.165) is 11.8 Å². The van der Waals surface area contributed by atoms with E-state index >= 15 is 0 Å². The van der Waals surface area contributed by atoms with Crippen LogP contribution >= 0.6 is 0 Å². The zero-order valence-corrected chi connectivity index (χ0v) is 7.97. The van der Waals surface area contributed by atoms with E-state index in [1.165, 1.54) is 51.4 Å². The van der Waals surface area contributed by atoms with Gasteiger partial charge in [-0.25, -0.2) is 0 Å². The van der Waals surface area contributed by atoms with Crippen LogP contribution in [-0.4, -0.2) is 6.04 Å². The molecule has 0 atom stereocenters. The van der Waals surface area contributed by atoms with Crippen molar-refractivity contribution in [3.8, 4) is 0 Å². The van der Waals surface area contributed by atoms with Gasteiger partial charge in [-0.05, 0) is 31.1 Å². The van der Waals surface area contributed by atoms with Crippen molar-refractivity contribution in [3.63, 3.8) is 0 Å². The number of nitrogens with two attached hydrogens (primary N) is 1. The number of hydrogen-bond donors (Lipinski definition) is 1. The Morgan fingerprint density at radius 3 is 2.17 bits per heavy atom. The lowest BCUT2D eigenvalue weighted by Crippen LogP contribution is -2.37. The van der Waals surface area contributed by atoms with Crippen LogP contribution in [0.5, 0.6) is 0 Å². The second-order valence-corrected chi connectivity index (χ2v) is 4.84. The van der Waals surface area contributed by atoms with E-state index in [0.29, 0.717) is 6.04 Å². The summed E-state index contributed by atoms with van der Waals surface area (Å²) in [5.74, 6) is 2.07. The van der Waals surface area contributed by atoms with Crippen molar-refractivity contribution in [1.29, 1.82) is 0 Å². The fraction of sp³-hybridized carbons (Fsp3) is 1.00. The predicted molar refractivity (Wildman–Crippen MR) is 51.9 cm³/mol. The van der Waals surface area contributed by atoms with Crippen LogP contribution in [0, 0.1) is 11.8 Å². The van der Waals surface area contributed by atoms with Gasteiger partial charge in [0.05, 0.1) is 0 Å². The van der Waals surface area contributed by atoms with Gasteiger partial charge in [-0.3, -0.25) is 0 Å². The van der Waals surface area contributed by atoms with Crippen molar-refractivity contribution in [2.75, 3.05) is 0 Å². The first kappa shape index (κ1) is 8.55. The Kier molecular flexibility index (Phi) is 2.69. The molecule has 0 heterocycles. The first-order valence-corrected chi connectivity index (χ1v) is 5.60. The van der Waals surface area contributed by atoms with Crippen LogP contribution in [0.15, 0.2) is 0 Å². The average Bonchev–Trinajstić information content (AvgIpc) is 2.04. The van der Waals surface area contributed by atoms with Crippen molar-refractivity contribution in [2.45, 2.75) is 57.4 Å². The molecular weight excluding hydrogens is 146 g/mol. The van der Waals surface area contributed by atoms with E-state index in [9.17, 15) is 0 Å². The summed E-state index contributed by atoms with van der Waals surface area (Å²) in [6.07, 6.45) is 11.6. The summed E-state index contributed by atoms with van der Waals surface area (Å²) in [6, 6.07) is 0.554. The summed E-state index contributed by atoms with van der Waals surface area (Å²) in [6.45, 7) is 0. The molecule has 70 valence electrons. The Labute approximate surface area is 75.7 Å². The van der Waals surface area contributed by atoms with Crippen LogP contribution in [0.1, 0.15) is 51.4 Å². The Morgan fingerprint density at radius 1 is 0.917 bits per heavy atom. The minimum Gasteiger partial charge on any atom is -0.328 e. The van der Waals surface area contributed by atoms with Crippen LogP contribution in [0.4, 0.5) is 0 Å². The summed E-state index contributed by atoms with van der Waals surface area (Å²) in [4.78, 5) is 0. The van der Waals surface area contributed by atoms with E-state index in [-0.39, 0.29) is 0 Å². The smallest absolute Gasteiger partial charge is 0.00441 e. The van der Waals surface area contributed by atoms with Crippen LogP contribution in [0.3, 0.4) is 0 Å². The second-order valence-electron chi connectivity index (χ2n) is 4.84. The van der Waals surface area contributed by atoms with Gasteiger partial charge in [-0.15, -0.1) is 0 Å². The van der Waals surface area contributed by atoms with Gasteiger partial charge in [-0.2, -0.15) is 0 Å². The molecule has 2 aliphatic carbocycles. The standard InChI is InChI=1S/C11H21N/c12-11-7-10(8-11)6-9-4-2-1-3-5-9/h9-11H,1-8,12H2. The van der Waals surface area contributed by atoms with Crippen LogP contribution in [-0.2, 0) is 0 Å². The van der Waals surface area contributed by atoms with Gasteiger partial charge < -0.3 is 5.73 Å². The molecule has 1 nitrogen and oxygen atoms in total. The van der Waals surface area contributed by atoms with Gasteiger partial charge in [0, 0.05) is 6.04 Å². The molecule has 2 aliphatic rings. The van der Waals surface area contributed by atoms with Gasteiger partial charge >= 0.3 is 0 Å². The molecule has 0 amide bonds. The van der Waals surface area contributed by atoms with Gasteiger partial charge in [0.2, 0.25) is 0 Å². The molecule has 0 bridgehead atoms. The highest BCUT2D eigenvalue weighted by atomic mass is 14.7. The lowest BCUT2D eigenvalue weighted by atomic mass is 9.73. The maximum atomic E-state index is 5.77. The van der Waals surface area contributed by atoms with Crippen LogP contribution < -0.4 is 5.73 Å². The second kappa shape index (κ2) is 3.78. The quantitative estimate of drug-likeness (QED) is 0.672. The first-order valence-electron chi connectivity index (χ1n) is 5.60. The molecule has 0 aliphatic heterocycles. The number of rotatable bonds is 2. The molecule has 0 saturated heterocycles. The largest absolute Gasteiger partial charge is 0.328 e. The fourth-order valence-corrected chi connectivity index (χ4v) is 2.87. The molecule has 0 aromatic carbocycles. The molecule has 2 fully saturated rings. The summed E-state index contributed by atoms with van der Waals surface area (Å²) in [5, 5.41) is 0. The molecule has 12 heavy (non-hydrogen) atoms. The molecular formula is C11H21N. The lowest BCUT2D eigenvalue weighted by Gasteiger charge is -2.36. The van der Waals surface area contributed by atoms with E-state index in [4.69, 9.17) is 5.73 Å². The lowest BCUT2D eigenvalue weighted by molar-refractivity contribution is 0.191. The molecule has 2 saturated carbocycles. The van der Waals surface area contributed by atoms with E-state index < -0.39 is 0 Å². The summed E-state index contributed by atoms with van der Waals surface area (Å²) in [5.41, 5.74) is 5.77. The van der Waals surface area contributed by atoms with Gasteiger partial charge in [-0.1, -0.05) is 32.1 Å². The minimum atomic E-state index is 0.554. The molecule has 0 radical (unpaired) electrons. The predicted octanol–water partition coefficient (Wildman–Crippen LogP) is 2.69. The third kappa shape index (κ3) is 2.01. The Bertz CT molecular complexity index is 132. The highest BCUT2D eigenvalue weighted by Gasteiger charge is 2.28. The summed E-state index contributed by atoms with van der Waals surface area (Å²) < 4.78 is 0. The Balaban J connectivity index is 1.65. The average molecular weight is 167 g/mol. The van der Waals surface area contributed by atoms with E-state index in [1.54, 1.807) is 0 Å². The number of hydrogen-bond acceptors (Lipinski definition) is 1. The molecule has 2 N–H and O–H groups in total. The maximum absolute atomic E-state index is 5.77. The van der Waals surface area contributed by atoms with Crippen molar-refractivity contribution in [2.24, 2.45) is 17.6 Å². The molecule has 0 unspecified atom stereocenters. The molecule has 2 rings (SSSR count). The fourth-order valence-electron chi connectivity index (χ4n) is 2.87. The SMILES string of the molecule is NC1CC(CC2CCCCC2)C1. The van der Waals surface area contributed by atoms with Crippen molar-refractivity contribution >= 4 is 0 Å². The molecule has 1 heteroatoms. The zero-order chi connectivity index (χ0) is 8.39. The van der Waals surface area contributed by atoms with Crippen LogP contribution in [0.25, 0.3) is 0 Å². The highest BCUT2D eigenvalue weighted by Crippen LogP contribution is 2.36. The third-order valence-corrected chi connectivity index (χ3v) is 3.66. The van der Waals surface area contributed by atoms with Crippen molar-refractivity contribution in [3.05, 3.63) is 0 Å². The Hall–Kier alpha value is -0.0400. The highest BCUT2D eigenvalue weighted by molar-refractivity contribution is 4.84. The molecule has 0 aromatic rings. The minimum absolute atomic E-state index is 0.554. The van der Waals surface area contributed by atoms with E-state index in [1.807, 2.05) is 0 Å². The zero-order valence-electron chi connectivity index (χ0n) is 7.97.